The molecule has 0 aliphatic carbocycles. The second-order valence-corrected chi connectivity index (χ2v) is 10.5. The Morgan fingerprint density at radius 1 is 1.11 bits per heavy atom. The molecule has 0 bridgehead atoms. The second-order valence-electron chi connectivity index (χ2n) is 10.5. The number of carbonyl (C=O) groups is 2. The third kappa shape index (κ3) is 5.26. The first kappa shape index (κ1) is 24.8. The predicted molar refractivity (Wildman–Crippen MR) is 139 cm³/mol. The first-order chi connectivity index (χ1) is 17.7. The van der Waals surface area contributed by atoms with Crippen LogP contribution in [-0.2, 0) is 11.3 Å². The van der Waals surface area contributed by atoms with Gasteiger partial charge in [-0.1, -0.05) is 18.2 Å². The van der Waals surface area contributed by atoms with Gasteiger partial charge in [0.05, 0.1) is 12.7 Å². The minimum Gasteiger partial charge on any atom is -0.496 e. The number of carbonyl (C=O) groups excluding carboxylic acids is 2. The Morgan fingerprint density at radius 3 is 2.75 bits per heavy atom. The number of pyridine rings is 1. The number of benzene rings is 1. The summed E-state index contributed by atoms with van der Waals surface area (Å²) in [6.45, 7) is 3.65. The predicted octanol–water partition coefficient (Wildman–Crippen LogP) is 3.89. The molecule has 4 heterocycles. The van der Waals surface area contributed by atoms with Crippen molar-refractivity contribution in [1.29, 1.82) is 0 Å². The van der Waals surface area contributed by atoms with Crippen molar-refractivity contribution >= 4 is 11.8 Å². The molecule has 3 fully saturated rings. The minimum absolute atomic E-state index is 0.0441. The van der Waals surface area contributed by atoms with Crippen LogP contribution in [0.5, 0.6) is 5.75 Å². The van der Waals surface area contributed by atoms with Gasteiger partial charge in [-0.15, -0.1) is 0 Å². The number of nitrogens with one attached hydrogen (secondary N) is 1. The van der Waals surface area contributed by atoms with Crippen molar-refractivity contribution in [3.8, 4) is 5.75 Å². The van der Waals surface area contributed by atoms with Crippen molar-refractivity contribution in [2.24, 2.45) is 11.8 Å². The maximum atomic E-state index is 13.6. The van der Waals surface area contributed by atoms with Gasteiger partial charge < -0.3 is 15.0 Å². The van der Waals surface area contributed by atoms with Gasteiger partial charge in [0, 0.05) is 49.6 Å². The zero-order chi connectivity index (χ0) is 24.9. The molecule has 2 aromatic rings. The fraction of sp³-hybridized carbons (Fsp3) is 0.552. The molecule has 1 N–H and O–H groups in total. The Kier molecular flexibility index (Phi) is 7.85. The minimum atomic E-state index is 0.0441. The van der Waals surface area contributed by atoms with Crippen LogP contribution in [0.1, 0.15) is 60.9 Å². The molecular formula is C29H38N4O3. The number of amides is 2. The lowest BCUT2D eigenvalue weighted by atomic mass is 9.69. The summed E-state index contributed by atoms with van der Waals surface area (Å²) in [4.78, 5) is 35.4. The summed E-state index contributed by atoms with van der Waals surface area (Å²) in [5.41, 5.74) is 1.64. The molecular weight excluding hydrogens is 452 g/mol. The molecule has 3 aliphatic rings. The van der Waals surface area contributed by atoms with E-state index in [1.165, 1.54) is 38.8 Å². The van der Waals surface area contributed by atoms with Crippen LogP contribution in [0.3, 0.4) is 0 Å². The highest BCUT2D eigenvalue weighted by atomic mass is 16.5. The third-order valence-corrected chi connectivity index (χ3v) is 8.41. The summed E-state index contributed by atoms with van der Waals surface area (Å²) < 4.78 is 5.39. The average Bonchev–Trinajstić information content (AvgIpc) is 2.93. The SMILES string of the molecule is COc1ccccc1CNC(=O)CCC[C@@H]1[C@H]2CCCN3CCC[C@@H](CN1C(=O)c1cccnc1)[C@@H]23. The molecule has 0 saturated carbocycles. The lowest BCUT2D eigenvalue weighted by Crippen LogP contribution is -2.65. The van der Waals surface area contributed by atoms with Crippen molar-refractivity contribution in [3.63, 3.8) is 0 Å². The monoisotopic (exact) mass is 490 g/mol. The van der Waals surface area contributed by atoms with Gasteiger partial charge in [-0.25, -0.2) is 0 Å². The van der Waals surface area contributed by atoms with E-state index in [2.05, 4.69) is 20.1 Å². The fourth-order valence-corrected chi connectivity index (χ4v) is 6.86. The van der Waals surface area contributed by atoms with Gasteiger partial charge in [0.1, 0.15) is 5.75 Å². The van der Waals surface area contributed by atoms with Crippen molar-refractivity contribution in [2.45, 2.75) is 63.6 Å². The van der Waals surface area contributed by atoms with Crippen molar-refractivity contribution < 1.29 is 14.3 Å². The van der Waals surface area contributed by atoms with Gasteiger partial charge >= 0.3 is 0 Å². The van der Waals surface area contributed by atoms with E-state index in [1.54, 1.807) is 19.5 Å². The van der Waals surface area contributed by atoms with E-state index < -0.39 is 0 Å². The molecule has 0 radical (unpaired) electrons. The molecule has 3 aliphatic heterocycles. The third-order valence-electron chi connectivity index (χ3n) is 8.41. The largest absolute Gasteiger partial charge is 0.496 e. The molecule has 0 spiro atoms. The fourth-order valence-electron chi connectivity index (χ4n) is 6.86. The van der Waals surface area contributed by atoms with Crippen LogP contribution in [0.4, 0.5) is 0 Å². The summed E-state index contributed by atoms with van der Waals surface area (Å²) in [5, 5.41) is 3.04. The smallest absolute Gasteiger partial charge is 0.255 e. The molecule has 3 saturated heterocycles. The maximum absolute atomic E-state index is 13.6. The highest BCUT2D eigenvalue weighted by Gasteiger charge is 2.49. The Bertz CT molecular complexity index is 1040. The quantitative estimate of drug-likeness (QED) is 0.608. The first-order valence-corrected chi connectivity index (χ1v) is 13.5. The van der Waals surface area contributed by atoms with Crippen LogP contribution in [-0.4, -0.2) is 65.4 Å². The summed E-state index contributed by atoms with van der Waals surface area (Å²) in [6.07, 6.45) is 10.3. The summed E-state index contributed by atoms with van der Waals surface area (Å²) in [7, 11) is 1.65. The Hall–Kier alpha value is -2.93. The van der Waals surface area contributed by atoms with Gasteiger partial charge in [0.15, 0.2) is 0 Å². The molecule has 1 aromatic heterocycles. The first-order valence-electron chi connectivity index (χ1n) is 13.5. The van der Waals surface area contributed by atoms with Crippen LogP contribution in [0.2, 0.25) is 0 Å². The Labute approximate surface area is 214 Å². The normalized spacial score (nSPS) is 25.6. The van der Waals surface area contributed by atoms with Crippen LogP contribution in [0.15, 0.2) is 48.8 Å². The number of nitrogens with zero attached hydrogens (tertiary/aromatic N) is 3. The summed E-state index contributed by atoms with van der Waals surface area (Å²) in [5.74, 6) is 1.95. The number of methoxy groups -OCH3 is 1. The van der Waals surface area contributed by atoms with E-state index >= 15 is 0 Å². The van der Waals surface area contributed by atoms with Crippen LogP contribution in [0, 0.1) is 11.8 Å². The average molecular weight is 491 g/mol. The molecule has 1 aromatic carbocycles. The highest BCUT2D eigenvalue weighted by Crippen LogP contribution is 2.43. The number of para-hydroxylation sites is 1. The number of aromatic nitrogens is 1. The Morgan fingerprint density at radius 2 is 1.94 bits per heavy atom. The van der Waals surface area contributed by atoms with E-state index in [4.69, 9.17) is 4.74 Å². The second kappa shape index (κ2) is 11.4. The van der Waals surface area contributed by atoms with Crippen LogP contribution < -0.4 is 10.1 Å². The number of hydrogen-bond acceptors (Lipinski definition) is 5. The molecule has 192 valence electrons. The van der Waals surface area contributed by atoms with E-state index in [1.807, 2.05) is 36.4 Å². The molecule has 5 rings (SSSR count). The summed E-state index contributed by atoms with van der Waals surface area (Å²) in [6, 6.07) is 12.2. The zero-order valence-electron chi connectivity index (χ0n) is 21.3. The van der Waals surface area contributed by atoms with E-state index in [-0.39, 0.29) is 17.9 Å². The lowest BCUT2D eigenvalue weighted by molar-refractivity contribution is -0.121. The van der Waals surface area contributed by atoms with Crippen molar-refractivity contribution in [1.82, 2.24) is 20.1 Å². The molecule has 7 nitrogen and oxygen atoms in total. The van der Waals surface area contributed by atoms with Gasteiger partial charge in [-0.2, -0.15) is 0 Å². The number of likely N-dealkylation sites (tertiary alicyclic amines) is 1. The number of ether oxygens (including phenoxy) is 1. The van der Waals surface area contributed by atoms with Crippen LogP contribution in [0.25, 0.3) is 0 Å². The van der Waals surface area contributed by atoms with Gasteiger partial charge in [-0.3, -0.25) is 19.5 Å². The van der Waals surface area contributed by atoms with Crippen molar-refractivity contribution in [2.75, 3.05) is 26.7 Å². The van der Waals surface area contributed by atoms with Gasteiger partial charge in [0.2, 0.25) is 5.91 Å². The van der Waals surface area contributed by atoms with E-state index in [0.29, 0.717) is 36.4 Å². The molecule has 7 heteroatoms. The molecule has 0 unspecified atom stereocenters. The number of piperidine rings is 3. The topological polar surface area (TPSA) is 74.8 Å². The highest BCUT2D eigenvalue weighted by molar-refractivity contribution is 5.94. The van der Waals surface area contributed by atoms with Gasteiger partial charge in [0.25, 0.3) is 5.91 Å². The number of hydrogen-bond donors (Lipinski definition) is 1. The van der Waals surface area contributed by atoms with E-state index in [9.17, 15) is 9.59 Å². The standard InChI is InChI=1S/C29H38N4O3/c1-36-26-13-3-2-8-21(26)19-31-27(34)14-4-12-25-24-11-7-17-32-16-6-10-23(28(24)32)20-33(25)29(35)22-9-5-15-30-18-22/h2-3,5,8-9,13,15,18,23-25,28H,4,6-7,10-12,14,16-17,19-20H2,1H3,(H,31,34)/t23-,24+,25+,28-/m0/s1. The Balaban J connectivity index is 1.25. The zero-order valence-corrected chi connectivity index (χ0v) is 21.3. The molecule has 2 amide bonds. The summed E-state index contributed by atoms with van der Waals surface area (Å²) >= 11 is 0. The molecule has 4 atom stereocenters. The molecule has 36 heavy (non-hydrogen) atoms. The number of rotatable bonds is 8. The van der Waals surface area contributed by atoms with Gasteiger partial charge in [-0.05, 0) is 81.6 Å². The lowest BCUT2D eigenvalue weighted by Gasteiger charge is -2.57. The maximum Gasteiger partial charge on any atom is 0.255 e. The van der Waals surface area contributed by atoms with Crippen LogP contribution >= 0.6 is 0 Å². The van der Waals surface area contributed by atoms with E-state index in [0.717, 1.165) is 30.7 Å². The van der Waals surface area contributed by atoms with Crippen molar-refractivity contribution in [3.05, 3.63) is 59.9 Å².